The lowest BCUT2D eigenvalue weighted by atomic mass is 9.96. The summed E-state index contributed by atoms with van der Waals surface area (Å²) in [5, 5.41) is 3.99. The number of aromatic nitrogens is 1. The van der Waals surface area contributed by atoms with E-state index in [9.17, 15) is 9.18 Å². The molecule has 0 saturated heterocycles. The van der Waals surface area contributed by atoms with Crippen LogP contribution in [0.4, 0.5) is 10.1 Å². The van der Waals surface area contributed by atoms with Crippen molar-refractivity contribution in [2.24, 2.45) is 5.73 Å². The Morgan fingerprint density at radius 3 is 2.88 bits per heavy atom. The van der Waals surface area contributed by atoms with E-state index in [-0.39, 0.29) is 17.8 Å². The fraction of sp³-hybridized carbons (Fsp3) is 0.158. The predicted octanol–water partition coefficient (Wildman–Crippen LogP) is 4.00. The highest BCUT2D eigenvalue weighted by atomic mass is 32.1. The number of benzene rings is 1. The highest BCUT2D eigenvalue weighted by molar-refractivity contribution is 7.08. The predicted molar refractivity (Wildman–Crippen MR) is 97.2 cm³/mol. The maximum absolute atomic E-state index is 13.7. The molecule has 0 fully saturated rings. The van der Waals surface area contributed by atoms with Crippen LogP contribution in [0, 0.1) is 5.82 Å². The standard InChI is InChI=1S/C19H16FN3OS/c20-14-2-3-15-16(21)5-7-23(18(15)9-14)19(24)12-1-4-17(22-10-12)13-6-8-25-11-13/h1-4,6,8-11,16H,5,7,21H2. The number of pyridine rings is 1. The number of amides is 1. The van der Waals surface area contributed by atoms with Gasteiger partial charge in [0.05, 0.1) is 16.9 Å². The molecule has 2 aromatic heterocycles. The van der Waals surface area contributed by atoms with E-state index in [1.54, 1.807) is 34.6 Å². The Morgan fingerprint density at radius 1 is 1.28 bits per heavy atom. The minimum atomic E-state index is -0.378. The van der Waals surface area contributed by atoms with Gasteiger partial charge in [-0.3, -0.25) is 9.78 Å². The molecule has 1 aromatic carbocycles. The summed E-state index contributed by atoms with van der Waals surface area (Å²) in [7, 11) is 0. The first kappa shape index (κ1) is 15.9. The Kier molecular flexibility index (Phi) is 4.07. The van der Waals surface area contributed by atoms with Crippen molar-refractivity contribution in [3.63, 3.8) is 0 Å². The Hall–Kier alpha value is -2.57. The van der Waals surface area contributed by atoms with Crippen molar-refractivity contribution >= 4 is 22.9 Å². The average Bonchev–Trinajstić information content (AvgIpc) is 3.16. The maximum Gasteiger partial charge on any atom is 0.259 e. The minimum Gasteiger partial charge on any atom is -0.324 e. The van der Waals surface area contributed by atoms with Crippen LogP contribution >= 0.6 is 11.3 Å². The molecular weight excluding hydrogens is 337 g/mol. The molecule has 4 rings (SSSR count). The molecular formula is C19H16FN3OS. The van der Waals surface area contributed by atoms with Crippen molar-refractivity contribution in [2.75, 3.05) is 11.4 Å². The van der Waals surface area contributed by atoms with E-state index in [1.165, 1.54) is 12.1 Å². The number of anilines is 1. The molecule has 1 unspecified atom stereocenters. The van der Waals surface area contributed by atoms with Gasteiger partial charge >= 0.3 is 0 Å². The zero-order valence-electron chi connectivity index (χ0n) is 13.4. The molecule has 0 aliphatic carbocycles. The van der Waals surface area contributed by atoms with Gasteiger partial charge in [0.25, 0.3) is 5.91 Å². The Balaban J connectivity index is 1.65. The van der Waals surface area contributed by atoms with Crippen molar-refractivity contribution < 1.29 is 9.18 Å². The van der Waals surface area contributed by atoms with Crippen molar-refractivity contribution in [2.45, 2.75) is 12.5 Å². The minimum absolute atomic E-state index is 0.182. The molecule has 3 heterocycles. The van der Waals surface area contributed by atoms with Crippen LogP contribution in [0.3, 0.4) is 0 Å². The number of halogens is 1. The quantitative estimate of drug-likeness (QED) is 0.757. The maximum atomic E-state index is 13.7. The molecule has 2 N–H and O–H groups in total. The van der Waals surface area contributed by atoms with E-state index in [0.29, 0.717) is 24.2 Å². The molecule has 25 heavy (non-hydrogen) atoms. The molecule has 1 aliphatic rings. The molecule has 0 spiro atoms. The number of thiophene rings is 1. The number of rotatable bonds is 2. The third-order valence-corrected chi connectivity index (χ3v) is 5.10. The van der Waals surface area contributed by atoms with E-state index in [0.717, 1.165) is 16.8 Å². The van der Waals surface area contributed by atoms with E-state index >= 15 is 0 Å². The zero-order valence-corrected chi connectivity index (χ0v) is 14.2. The van der Waals surface area contributed by atoms with Gasteiger partial charge in [-0.05, 0) is 47.7 Å². The van der Waals surface area contributed by atoms with Crippen molar-refractivity contribution in [3.05, 3.63) is 70.3 Å². The van der Waals surface area contributed by atoms with E-state index in [4.69, 9.17) is 5.73 Å². The largest absolute Gasteiger partial charge is 0.324 e. The summed E-state index contributed by atoms with van der Waals surface area (Å²) < 4.78 is 13.7. The Morgan fingerprint density at radius 2 is 2.16 bits per heavy atom. The first-order valence-corrected chi connectivity index (χ1v) is 8.93. The number of carbonyl (C=O) groups excluding carboxylic acids is 1. The average molecular weight is 353 g/mol. The van der Waals surface area contributed by atoms with Crippen LogP contribution in [0.25, 0.3) is 11.3 Å². The molecule has 0 radical (unpaired) electrons. The number of nitrogens with two attached hydrogens (primary N) is 1. The summed E-state index contributed by atoms with van der Waals surface area (Å²) in [5.41, 5.74) is 9.77. The number of nitrogens with zero attached hydrogens (tertiary/aromatic N) is 2. The monoisotopic (exact) mass is 353 g/mol. The summed E-state index contributed by atoms with van der Waals surface area (Å²) in [6.45, 7) is 0.461. The van der Waals surface area contributed by atoms with Crippen LogP contribution in [-0.2, 0) is 0 Å². The summed E-state index contributed by atoms with van der Waals surface area (Å²) in [5.74, 6) is -0.570. The van der Waals surface area contributed by atoms with E-state index in [2.05, 4.69) is 4.98 Å². The fourth-order valence-electron chi connectivity index (χ4n) is 3.08. The summed E-state index contributed by atoms with van der Waals surface area (Å²) in [6.07, 6.45) is 2.22. The second-order valence-corrected chi connectivity index (χ2v) is 6.78. The lowest BCUT2D eigenvalue weighted by Crippen LogP contribution is -2.38. The van der Waals surface area contributed by atoms with Crippen molar-refractivity contribution in [1.82, 2.24) is 4.98 Å². The number of hydrogen-bond donors (Lipinski definition) is 1. The highest BCUT2D eigenvalue weighted by Crippen LogP contribution is 2.34. The summed E-state index contributed by atoms with van der Waals surface area (Å²) >= 11 is 1.60. The van der Waals surface area contributed by atoms with E-state index in [1.807, 2.05) is 22.9 Å². The lowest BCUT2D eigenvalue weighted by molar-refractivity contribution is 0.0984. The van der Waals surface area contributed by atoms with Crippen LogP contribution in [-0.4, -0.2) is 17.4 Å². The lowest BCUT2D eigenvalue weighted by Gasteiger charge is -2.32. The van der Waals surface area contributed by atoms with Gasteiger partial charge in [-0.1, -0.05) is 6.07 Å². The zero-order chi connectivity index (χ0) is 17.4. The van der Waals surface area contributed by atoms with Gasteiger partial charge in [0.1, 0.15) is 5.82 Å². The van der Waals surface area contributed by atoms with Gasteiger partial charge in [-0.2, -0.15) is 11.3 Å². The van der Waals surface area contributed by atoms with Crippen LogP contribution in [0.2, 0.25) is 0 Å². The first-order chi connectivity index (χ1) is 12.1. The third kappa shape index (κ3) is 2.94. The molecule has 4 nitrogen and oxygen atoms in total. The smallest absolute Gasteiger partial charge is 0.259 e. The molecule has 1 amide bonds. The van der Waals surface area contributed by atoms with E-state index < -0.39 is 0 Å². The van der Waals surface area contributed by atoms with Gasteiger partial charge in [-0.15, -0.1) is 0 Å². The molecule has 0 saturated carbocycles. The van der Waals surface area contributed by atoms with Gasteiger partial charge in [0.2, 0.25) is 0 Å². The number of carbonyl (C=O) groups is 1. The van der Waals surface area contributed by atoms with Gasteiger partial charge in [0.15, 0.2) is 0 Å². The molecule has 1 aliphatic heterocycles. The van der Waals surface area contributed by atoms with Crippen LogP contribution in [0.1, 0.15) is 28.4 Å². The third-order valence-electron chi connectivity index (χ3n) is 4.42. The second-order valence-electron chi connectivity index (χ2n) is 6.00. The van der Waals surface area contributed by atoms with Crippen molar-refractivity contribution in [3.8, 4) is 11.3 Å². The topological polar surface area (TPSA) is 59.2 Å². The van der Waals surface area contributed by atoms with Crippen molar-refractivity contribution in [1.29, 1.82) is 0 Å². The molecule has 126 valence electrons. The number of hydrogen-bond acceptors (Lipinski definition) is 4. The molecule has 1 atom stereocenters. The number of fused-ring (bicyclic) bond motifs is 1. The fourth-order valence-corrected chi connectivity index (χ4v) is 3.73. The second kappa shape index (κ2) is 6.38. The normalized spacial score (nSPS) is 16.6. The van der Waals surface area contributed by atoms with Crippen LogP contribution in [0.15, 0.2) is 53.4 Å². The van der Waals surface area contributed by atoms with Crippen LogP contribution < -0.4 is 10.6 Å². The molecule has 3 aromatic rings. The Bertz CT molecular complexity index is 909. The molecule has 0 bridgehead atoms. The van der Waals surface area contributed by atoms with Gasteiger partial charge in [-0.25, -0.2) is 4.39 Å². The van der Waals surface area contributed by atoms with Gasteiger partial charge in [0, 0.05) is 29.7 Å². The van der Waals surface area contributed by atoms with Gasteiger partial charge < -0.3 is 10.6 Å². The summed E-state index contributed by atoms with van der Waals surface area (Å²) in [6, 6.07) is 9.81. The first-order valence-electron chi connectivity index (χ1n) is 7.99. The SMILES string of the molecule is NC1CCN(C(=O)c2ccc(-c3ccsc3)nc2)c2cc(F)ccc21. The molecule has 6 heteroatoms. The summed E-state index contributed by atoms with van der Waals surface area (Å²) in [4.78, 5) is 18.9. The highest BCUT2D eigenvalue weighted by Gasteiger charge is 2.28. The van der Waals surface area contributed by atoms with Crippen LogP contribution in [0.5, 0.6) is 0 Å². The Labute approximate surface area is 148 Å².